The highest BCUT2D eigenvalue weighted by molar-refractivity contribution is 6.30. The van der Waals surface area contributed by atoms with Crippen LogP contribution in [0, 0.1) is 11.7 Å². The van der Waals surface area contributed by atoms with Gasteiger partial charge >= 0.3 is 0 Å². The van der Waals surface area contributed by atoms with Crippen molar-refractivity contribution in [2.75, 3.05) is 26.2 Å². The van der Waals surface area contributed by atoms with Crippen LogP contribution < -0.4 is 10.6 Å². The number of hydrogen-bond donors (Lipinski definition) is 2. The van der Waals surface area contributed by atoms with E-state index >= 15 is 0 Å². The molecule has 0 spiro atoms. The van der Waals surface area contributed by atoms with Crippen LogP contribution in [0.25, 0.3) is 0 Å². The SMILES string of the molecule is CC(c1ccc(F)c(Cl)c1)N1CCCC(CNC(=O)C2CCCN2)C1.Cl. The number of rotatable bonds is 5. The molecule has 146 valence electrons. The van der Waals surface area contributed by atoms with E-state index in [1.807, 2.05) is 6.07 Å². The second-order valence-electron chi connectivity index (χ2n) is 7.25. The summed E-state index contributed by atoms with van der Waals surface area (Å²) in [5.74, 6) is 0.211. The molecule has 0 bridgehead atoms. The number of hydrogen-bond acceptors (Lipinski definition) is 3. The summed E-state index contributed by atoms with van der Waals surface area (Å²) in [5.41, 5.74) is 1.03. The van der Waals surface area contributed by atoms with E-state index in [1.54, 1.807) is 6.07 Å². The summed E-state index contributed by atoms with van der Waals surface area (Å²) >= 11 is 5.93. The first kappa shape index (κ1) is 21.4. The molecule has 4 nitrogen and oxygen atoms in total. The van der Waals surface area contributed by atoms with E-state index in [9.17, 15) is 9.18 Å². The Kier molecular flexibility index (Phi) is 8.14. The number of likely N-dealkylation sites (tertiary alicyclic amines) is 1. The van der Waals surface area contributed by atoms with Crippen molar-refractivity contribution in [1.29, 1.82) is 0 Å². The van der Waals surface area contributed by atoms with Gasteiger partial charge < -0.3 is 10.6 Å². The first-order chi connectivity index (χ1) is 12.0. The van der Waals surface area contributed by atoms with Crippen molar-refractivity contribution >= 4 is 29.9 Å². The molecule has 2 aliphatic rings. The van der Waals surface area contributed by atoms with E-state index in [2.05, 4.69) is 22.5 Å². The molecule has 2 fully saturated rings. The molecule has 0 radical (unpaired) electrons. The number of halogens is 3. The predicted octanol–water partition coefficient (Wildman–Crippen LogP) is 3.54. The van der Waals surface area contributed by atoms with E-state index in [1.165, 1.54) is 6.07 Å². The Labute approximate surface area is 166 Å². The normalized spacial score (nSPS) is 24.7. The maximum atomic E-state index is 13.4. The van der Waals surface area contributed by atoms with Gasteiger partial charge in [-0.15, -0.1) is 12.4 Å². The van der Waals surface area contributed by atoms with Gasteiger partial charge in [0.25, 0.3) is 0 Å². The number of nitrogens with zero attached hydrogens (tertiary/aromatic N) is 1. The zero-order valence-electron chi connectivity index (χ0n) is 15.1. The number of benzene rings is 1. The highest BCUT2D eigenvalue weighted by Crippen LogP contribution is 2.28. The Morgan fingerprint density at radius 3 is 2.92 bits per heavy atom. The number of carbonyl (C=O) groups is 1. The molecule has 0 saturated carbocycles. The lowest BCUT2D eigenvalue weighted by atomic mass is 9.95. The highest BCUT2D eigenvalue weighted by Gasteiger charge is 2.27. The van der Waals surface area contributed by atoms with Crippen molar-refractivity contribution in [2.45, 2.75) is 44.7 Å². The monoisotopic (exact) mass is 403 g/mol. The van der Waals surface area contributed by atoms with Gasteiger partial charge in [-0.25, -0.2) is 4.39 Å². The molecular weight excluding hydrogens is 376 g/mol. The minimum atomic E-state index is -0.377. The van der Waals surface area contributed by atoms with Gasteiger partial charge in [0.1, 0.15) is 5.82 Å². The molecule has 3 atom stereocenters. The smallest absolute Gasteiger partial charge is 0.237 e. The average molecular weight is 404 g/mol. The van der Waals surface area contributed by atoms with Crippen molar-refractivity contribution in [3.05, 3.63) is 34.6 Å². The predicted molar refractivity (Wildman–Crippen MR) is 105 cm³/mol. The van der Waals surface area contributed by atoms with Gasteiger partial charge in [-0.3, -0.25) is 9.69 Å². The minimum Gasteiger partial charge on any atom is -0.354 e. The standard InChI is InChI=1S/C19H27ClFN3O.ClH/c1-13(15-6-7-17(21)16(20)10-15)24-9-3-4-14(12-24)11-23-19(25)18-5-2-8-22-18;/h6-7,10,13-14,18,22H,2-5,8-9,11-12H2,1H3,(H,23,25);1H. The number of nitrogens with one attached hydrogen (secondary N) is 2. The second kappa shape index (κ2) is 9.88. The van der Waals surface area contributed by atoms with Crippen LogP contribution in [0.5, 0.6) is 0 Å². The molecule has 0 aromatic heterocycles. The second-order valence-corrected chi connectivity index (χ2v) is 7.65. The zero-order chi connectivity index (χ0) is 17.8. The Morgan fingerprint density at radius 1 is 1.42 bits per heavy atom. The van der Waals surface area contributed by atoms with Crippen molar-refractivity contribution in [1.82, 2.24) is 15.5 Å². The molecule has 2 N–H and O–H groups in total. The molecule has 2 heterocycles. The molecule has 2 saturated heterocycles. The van der Waals surface area contributed by atoms with Crippen molar-refractivity contribution in [3.8, 4) is 0 Å². The average Bonchev–Trinajstić information content (AvgIpc) is 3.16. The number of piperidine rings is 1. The third kappa shape index (κ3) is 5.32. The van der Waals surface area contributed by atoms with Crippen LogP contribution in [-0.4, -0.2) is 43.0 Å². The molecule has 1 aromatic rings. The quantitative estimate of drug-likeness (QED) is 0.789. The fourth-order valence-corrected chi connectivity index (χ4v) is 4.06. The Balaban J connectivity index is 0.00000243. The molecule has 2 aliphatic heterocycles. The van der Waals surface area contributed by atoms with E-state index in [-0.39, 0.29) is 41.2 Å². The van der Waals surface area contributed by atoms with Gasteiger partial charge in [0.05, 0.1) is 11.1 Å². The first-order valence-electron chi connectivity index (χ1n) is 9.24. The van der Waals surface area contributed by atoms with Crippen molar-refractivity contribution in [3.63, 3.8) is 0 Å². The van der Waals surface area contributed by atoms with Crippen LogP contribution in [0.4, 0.5) is 4.39 Å². The van der Waals surface area contributed by atoms with Crippen LogP contribution >= 0.6 is 24.0 Å². The summed E-state index contributed by atoms with van der Waals surface area (Å²) in [7, 11) is 0. The Morgan fingerprint density at radius 2 is 2.23 bits per heavy atom. The molecule has 7 heteroatoms. The Hall–Kier alpha value is -0.880. The Bertz CT molecular complexity index is 610. The number of amides is 1. The number of carbonyl (C=O) groups excluding carboxylic acids is 1. The lowest BCUT2D eigenvalue weighted by molar-refractivity contribution is -0.123. The van der Waals surface area contributed by atoms with Gasteiger partial charge in [-0.1, -0.05) is 17.7 Å². The molecule has 26 heavy (non-hydrogen) atoms. The molecule has 3 rings (SSSR count). The summed E-state index contributed by atoms with van der Waals surface area (Å²) in [6.07, 6.45) is 4.26. The molecular formula is C19H28Cl2FN3O. The molecule has 1 aromatic carbocycles. The summed E-state index contributed by atoms with van der Waals surface area (Å²) in [5, 5.41) is 6.52. The summed E-state index contributed by atoms with van der Waals surface area (Å²) in [6, 6.07) is 5.14. The molecule has 3 unspecified atom stereocenters. The van der Waals surface area contributed by atoms with Crippen LogP contribution in [0.3, 0.4) is 0 Å². The summed E-state index contributed by atoms with van der Waals surface area (Å²) < 4.78 is 13.4. The van der Waals surface area contributed by atoms with E-state index < -0.39 is 0 Å². The molecule has 1 amide bonds. The van der Waals surface area contributed by atoms with E-state index in [0.717, 1.165) is 57.4 Å². The van der Waals surface area contributed by atoms with Crippen molar-refractivity contribution in [2.24, 2.45) is 5.92 Å². The van der Waals surface area contributed by atoms with E-state index in [4.69, 9.17) is 11.6 Å². The van der Waals surface area contributed by atoms with Crippen LogP contribution in [0.2, 0.25) is 5.02 Å². The lowest BCUT2D eigenvalue weighted by Crippen LogP contribution is -2.45. The summed E-state index contributed by atoms with van der Waals surface area (Å²) in [6.45, 7) is 5.75. The maximum absolute atomic E-state index is 13.4. The van der Waals surface area contributed by atoms with Gasteiger partial charge in [-0.2, -0.15) is 0 Å². The van der Waals surface area contributed by atoms with Crippen LogP contribution in [0.1, 0.15) is 44.2 Å². The largest absolute Gasteiger partial charge is 0.354 e. The van der Waals surface area contributed by atoms with Gasteiger partial charge in [0.15, 0.2) is 0 Å². The highest BCUT2D eigenvalue weighted by atomic mass is 35.5. The maximum Gasteiger partial charge on any atom is 0.237 e. The zero-order valence-corrected chi connectivity index (χ0v) is 16.7. The summed E-state index contributed by atoms with van der Waals surface area (Å²) in [4.78, 5) is 14.6. The third-order valence-corrected chi connectivity index (χ3v) is 5.76. The third-order valence-electron chi connectivity index (χ3n) is 5.47. The van der Waals surface area contributed by atoms with E-state index in [0.29, 0.717) is 5.92 Å². The first-order valence-corrected chi connectivity index (χ1v) is 9.62. The van der Waals surface area contributed by atoms with Crippen molar-refractivity contribution < 1.29 is 9.18 Å². The fraction of sp³-hybridized carbons (Fsp3) is 0.632. The van der Waals surface area contributed by atoms with Crippen LogP contribution in [0.15, 0.2) is 18.2 Å². The molecule has 0 aliphatic carbocycles. The van der Waals surface area contributed by atoms with Crippen LogP contribution in [-0.2, 0) is 4.79 Å². The van der Waals surface area contributed by atoms with Gasteiger partial charge in [0, 0.05) is 19.1 Å². The van der Waals surface area contributed by atoms with Gasteiger partial charge in [-0.05, 0) is 69.3 Å². The minimum absolute atomic E-state index is 0. The topological polar surface area (TPSA) is 44.4 Å². The lowest BCUT2D eigenvalue weighted by Gasteiger charge is -2.37. The fourth-order valence-electron chi connectivity index (χ4n) is 3.88. The van der Waals surface area contributed by atoms with Gasteiger partial charge in [0.2, 0.25) is 5.91 Å².